The number of carbonyl (C=O) groups excluding carboxylic acids is 1. The average Bonchev–Trinajstić information content (AvgIpc) is 2.46. The van der Waals surface area contributed by atoms with Crippen LogP contribution in [0.5, 0.6) is 0 Å². The van der Waals surface area contributed by atoms with Gasteiger partial charge in [0.1, 0.15) is 0 Å². The molecule has 0 spiro atoms. The van der Waals surface area contributed by atoms with Crippen molar-refractivity contribution in [3.63, 3.8) is 0 Å². The normalized spacial score (nSPS) is 20.7. The summed E-state index contributed by atoms with van der Waals surface area (Å²) in [5.41, 5.74) is 0. The van der Waals surface area contributed by atoms with Crippen molar-refractivity contribution in [2.75, 3.05) is 39.5 Å². The molecule has 0 saturated carbocycles. The molecule has 1 heterocycles. The Morgan fingerprint density at radius 2 is 2.27 bits per heavy atom. The molecule has 1 aliphatic rings. The van der Waals surface area contributed by atoms with Crippen LogP contribution in [0.2, 0.25) is 0 Å². The van der Waals surface area contributed by atoms with Gasteiger partial charge in [0.05, 0.1) is 19.1 Å². The first-order chi connectivity index (χ1) is 7.24. The van der Waals surface area contributed by atoms with Gasteiger partial charge in [-0.3, -0.25) is 4.79 Å². The third-order valence-electron chi connectivity index (χ3n) is 2.54. The summed E-state index contributed by atoms with van der Waals surface area (Å²) >= 11 is 0. The van der Waals surface area contributed by atoms with E-state index in [2.05, 4.69) is 4.90 Å². The monoisotopic (exact) mass is 215 g/mol. The maximum absolute atomic E-state index is 11.4. The fourth-order valence-electron chi connectivity index (χ4n) is 1.73. The van der Waals surface area contributed by atoms with Crippen molar-refractivity contribution in [2.24, 2.45) is 5.92 Å². The summed E-state index contributed by atoms with van der Waals surface area (Å²) in [4.78, 5) is 13.7. The first-order valence-corrected chi connectivity index (χ1v) is 5.70. The standard InChI is InChI=1S/C11H21NO3/c1-3-15-11(13)10(2)9-12-5-4-7-14-8-6-12/h10H,3-9H2,1-2H3. The Morgan fingerprint density at radius 1 is 1.47 bits per heavy atom. The third kappa shape index (κ3) is 4.62. The maximum atomic E-state index is 11.4. The number of esters is 1. The average molecular weight is 215 g/mol. The zero-order valence-electron chi connectivity index (χ0n) is 9.70. The van der Waals surface area contributed by atoms with Crippen LogP contribution in [0, 0.1) is 5.92 Å². The molecule has 0 aromatic heterocycles. The van der Waals surface area contributed by atoms with Crippen molar-refractivity contribution in [2.45, 2.75) is 20.3 Å². The van der Waals surface area contributed by atoms with Gasteiger partial charge in [-0.05, 0) is 13.3 Å². The molecule has 0 aliphatic carbocycles. The van der Waals surface area contributed by atoms with Crippen molar-refractivity contribution in [3.05, 3.63) is 0 Å². The van der Waals surface area contributed by atoms with Crippen LogP contribution >= 0.6 is 0 Å². The summed E-state index contributed by atoms with van der Waals surface area (Å²) in [7, 11) is 0. The van der Waals surface area contributed by atoms with Crippen molar-refractivity contribution < 1.29 is 14.3 Å². The minimum Gasteiger partial charge on any atom is -0.466 e. The summed E-state index contributed by atoms with van der Waals surface area (Å²) in [5.74, 6) is -0.134. The molecule has 1 aliphatic heterocycles. The molecule has 1 atom stereocenters. The van der Waals surface area contributed by atoms with Gasteiger partial charge in [-0.2, -0.15) is 0 Å². The Kier molecular flexibility index (Phi) is 5.65. The Labute approximate surface area is 91.5 Å². The Balaban J connectivity index is 2.28. The van der Waals surface area contributed by atoms with E-state index >= 15 is 0 Å². The number of hydrogen-bond donors (Lipinski definition) is 0. The van der Waals surface area contributed by atoms with Crippen LogP contribution in [0.25, 0.3) is 0 Å². The van der Waals surface area contributed by atoms with E-state index in [0.717, 1.165) is 39.3 Å². The molecule has 1 saturated heterocycles. The molecule has 15 heavy (non-hydrogen) atoms. The molecule has 1 unspecified atom stereocenters. The molecular formula is C11H21NO3. The Morgan fingerprint density at radius 3 is 3.00 bits per heavy atom. The molecule has 4 nitrogen and oxygen atoms in total. The van der Waals surface area contributed by atoms with Gasteiger partial charge >= 0.3 is 5.97 Å². The van der Waals surface area contributed by atoms with Gasteiger partial charge in [-0.15, -0.1) is 0 Å². The SMILES string of the molecule is CCOC(=O)C(C)CN1CCCOCC1. The summed E-state index contributed by atoms with van der Waals surface area (Å²) in [6.07, 6.45) is 1.05. The zero-order chi connectivity index (χ0) is 11.1. The van der Waals surface area contributed by atoms with E-state index in [1.165, 1.54) is 0 Å². The quantitative estimate of drug-likeness (QED) is 0.653. The first kappa shape index (κ1) is 12.5. The molecule has 1 fully saturated rings. The number of nitrogens with zero attached hydrogens (tertiary/aromatic N) is 1. The molecule has 0 amide bonds. The predicted molar refractivity (Wildman–Crippen MR) is 57.7 cm³/mol. The van der Waals surface area contributed by atoms with Gasteiger partial charge in [0, 0.05) is 26.2 Å². The van der Waals surface area contributed by atoms with Gasteiger partial charge < -0.3 is 14.4 Å². The van der Waals surface area contributed by atoms with Crippen LogP contribution in [0.3, 0.4) is 0 Å². The highest BCUT2D eigenvalue weighted by Gasteiger charge is 2.18. The topological polar surface area (TPSA) is 38.8 Å². The Bertz CT molecular complexity index is 188. The lowest BCUT2D eigenvalue weighted by atomic mass is 10.1. The first-order valence-electron chi connectivity index (χ1n) is 5.70. The summed E-state index contributed by atoms with van der Waals surface area (Å²) in [6.45, 7) is 8.55. The van der Waals surface area contributed by atoms with Crippen LogP contribution in [0.15, 0.2) is 0 Å². The number of rotatable bonds is 4. The van der Waals surface area contributed by atoms with Crippen LogP contribution in [-0.2, 0) is 14.3 Å². The molecule has 0 radical (unpaired) electrons. The van der Waals surface area contributed by atoms with E-state index < -0.39 is 0 Å². The fourth-order valence-corrected chi connectivity index (χ4v) is 1.73. The third-order valence-corrected chi connectivity index (χ3v) is 2.54. The lowest BCUT2D eigenvalue weighted by Crippen LogP contribution is -2.34. The van der Waals surface area contributed by atoms with E-state index in [9.17, 15) is 4.79 Å². The maximum Gasteiger partial charge on any atom is 0.309 e. The Hall–Kier alpha value is -0.610. The van der Waals surface area contributed by atoms with Crippen LogP contribution < -0.4 is 0 Å². The molecule has 0 N–H and O–H groups in total. The molecule has 0 aromatic carbocycles. The van der Waals surface area contributed by atoms with Crippen molar-refractivity contribution in [1.82, 2.24) is 4.90 Å². The van der Waals surface area contributed by atoms with Crippen LogP contribution in [0.1, 0.15) is 20.3 Å². The molecular weight excluding hydrogens is 194 g/mol. The fraction of sp³-hybridized carbons (Fsp3) is 0.909. The summed E-state index contributed by atoms with van der Waals surface area (Å²) < 4.78 is 10.3. The smallest absolute Gasteiger partial charge is 0.309 e. The number of ether oxygens (including phenoxy) is 2. The minimum absolute atomic E-state index is 0.0388. The number of carbonyl (C=O) groups is 1. The van der Waals surface area contributed by atoms with Gasteiger partial charge in [0.2, 0.25) is 0 Å². The van der Waals surface area contributed by atoms with Crippen LogP contribution in [-0.4, -0.2) is 50.3 Å². The molecule has 1 rings (SSSR count). The molecule has 4 heteroatoms. The minimum atomic E-state index is -0.0948. The van der Waals surface area contributed by atoms with E-state index in [-0.39, 0.29) is 11.9 Å². The number of hydrogen-bond acceptors (Lipinski definition) is 4. The van der Waals surface area contributed by atoms with E-state index in [4.69, 9.17) is 9.47 Å². The zero-order valence-corrected chi connectivity index (χ0v) is 9.70. The second kappa shape index (κ2) is 6.80. The van der Waals surface area contributed by atoms with Crippen molar-refractivity contribution in [3.8, 4) is 0 Å². The summed E-state index contributed by atoms with van der Waals surface area (Å²) in [6, 6.07) is 0. The highest BCUT2D eigenvalue weighted by molar-refractivity contribution is 5.72. The van der Waals surface area contributed by atoms with Crippen molar-refractivity contribution >= 4 is 5.97 Å². The van der Waals surface area contributed by atoms with E-state index in [0.29, 0.717) is 6.61 Å². The largest absolute Gasteiger partial charge is 0.466 e. The summed E-state index contributed by atoms with van der Waals surface area (Å²) in [5, 5.41) is 0. The molecule has 0 bridgehead atoms. The van der Waals surface area contributed by atoms with Gasteiger partial charge in [-0.1, -0.05) is 6.92 Å². The van der Waals surface area contributed by atoms with Gasteiger partial charge in [-0.25, -0.2) is 0 Å². The van der Waals surface area contributed by atoms with Crippen molar-refractivity contribution in [1.29, 1.82) is 0 Å². The highest BCUT2D eigenvalue weighted by atomic mass is 16.5. The van der Waals surface area contributed by atoms with Crippen LogP contribution in [0.4, 0.5) is 0 Å². The lowest BCUT2D eigenvalue weighted by molar-refractivity contribution is -0.148. The van der Waals surface area contributed by atoms with E-state index in [1.54, 1.807) is 0 Å². The predicted octanol–water partition coefficient (Wildman–Crippen LogP) is 0.908. The van der Waals surface area contributed by atoms with E-state index in [1.807, 2.05) is 13.8 Å². The van der Waals surface area contributed by atoms with Gasteiger partial charge in [0.25, 0.3) is 0 Å². The second-order valence-electron chi connectivity index (χ2n) is 3.92. The second-order valence-corrected chi connectivity index (χ2v) is 3.92. The molecule has 88 valence electrons. The molecule has 0 aromatic rings. The lowest BCUT2D eigenvalue weighted by Gasteiger charge is -2.22. The van der Waals surface area contributed by atoms with Gasteiger partial charge in [0.15, 0.2) is 0 Å². The highest BCUT2D eigenvalue weighted by Crippen LogP contribution is 2.06.